The summed E-state index contributed by atoms with van der Waals surface area (Å²) < 4.78 is 31.7. The molecule has 0 spiro atoms. The van der Waals surface area contributed by atoms with Crippen LogP contribution in [0.2, 0.25) is 0 Å². The zero-order chi connectivity index (χ0) is 27.1. The number of pyridine rings is 2. The van der Waals surface area contributed by atoms with Gasteiger partial charge in [0.15, 0.2) is 0 Å². The maximum absolute atomic E-state index is 11.6. The maximum atomic E-state index is 11.6. The number of anilines is 1. The van der Waals surface area contributed by atoms with Gasteiger partial charge in [-0.25, -0.2) is 9.79 Å². The molecule has 0 saturated heterocycles. The van der Waals surface area contributed by atoms with Crippen LogP contribution in [0.25, 0.3) is 0 Å². The molecule has 197 valence electrons. The zero-order valence-corrected chi connectivity index (χ0v) is 21.9. The first kappa shape index (κ1) is 32.6. The molecule has 0 fully saturated rings. The van der Waals surface area contributed by atoms with Crippen molar-refractivity contribution < 1.29 is 82.4 Å². The fraction of sp³-hybridized carbons (Fsp3) is 0.0385. The van der Waals surface area contributed by atoms with Gasteiger partial charge in [-0.1, -0.05) is 48.5 Å². The normalized spacial score (nSPS) is 10.3. The van der Waals surface area contributed by atoms with Crippen LogP contribution in [0, 0.1) is 49.4 Å². The van der Waals surface area contributed by atoms with Crippen molar-refractivity contribution in [3.05, 3.63) is 121 Å². The Kier molecular flexibility index (Phi) is 14.7. The van der Waals surface area contributed by atoms with Crippen molar-refractivity contribution in [2.45, 2.75) is 6.18 Å². The molecule has 38 heavy (non-hydrogen) atoms. The molecule has 0 bridgehead atoms. The molecule has 4 aromatic rings. The second-order valence-electron chi connectivity index (χ2n) is 6.82. The molecule has 0 unspecified atom stereocenters. The van der Waals surface area contributed by atoms with E-state index in [0.717, 1.165) is 5.69 Å². The molecule has 0 saturated carbocycles. The average molecular weight is 662 g/mol. The van der Waals surface area contributed by atoms with Crippen LogP contribution >= 0.6 is 0 Å². The maximum Gasteiger partial charge on any atom is 0.490 e. The number of benzene rings is 2. The molecular weight excluding hydrogens is 641 g/mol. The van der Waals surface area contributed by atoms with Gasteiger partial charge in [-0.3, -0.25) is 14.8 Å². The third-order valence-electron chi connectivity index (χ3n) is 4.06. The first-order chi connectivity index (χ1) is 17.7. The van der Waals surface area contributed by atoms with Crippen LogP contribution in [0.3, 0.4) is 0 Å². The van der Waals surface area contributed by atoms with Crippen molar-refractivity contribution in [3.63, 3.8) is 0 Å². The predicted molar refractivity (Wildman–Crippen MR) is 132 cm³/mol. The number of rotatable bonds is 4. The largest absolute Gasteiger partial charge is 0.492 e. The molecule has 8 nitrogen and oxygen atoms in total. The number of hydrogen-bond donors (Lipinski definition) is 3. The average Bonchev–Trinajstić information content (AvgIpc) is 2.91. The molecule has 12 heteroatoms. The Balaban J connectivity index is 0.000000301. The number of aromatic nitrogens is 2. The van der Waals surface area contributed by atoms with Crippen molar-refractivity contribution in [1.82, 2.24) is 9.97 Å². The third kappa shape index (κ3) is 12.7. The van der Waals surface area contributed by atoms with E-state index in [1.165, 1.54) is 0 Å². The van der Waals surface area contributed by atoms with Gasteiger partial charge in [0.2, 0.25) is 5.90 Å². The first-order valence-corrected chi connectivity index (χ1v) is 10.5. The number of carbonyl (C=O) groups is 2. The molecular formula is C26H21EuF3N4O4. The number of carboxylic acid groups (broad SMARTS) is 1. The van der Waals surface area contributed by atoms with Gasteiger partial charge in [0.1, 0.15) is 11.4 Å². The van der Waals surface area contributed by atoms with E-state index < -0.39 is 12.1 Å². The fourth-order valence-electron chi connectivity index (χ4n) is 2.39. The van der Waals surface area contributed by atoms with Gasteiger partial charge in [0.05, 0.1) is 5.69 Å². The number of aliphatic imine (C=N–C) groups is 1. The molecule has 0 atom stereocenters. The Morgan fingerprint density at radius 3 is 1.61 bits per heavy atom. The summed E-state index contributed by atoms with van der Waals surface area (Å²) in [6.07, 6.45) is -1.87. The van der Waals surface area contributed by atoms with Gasteiger partial charge in [0.25, 0.3) is 5.91 Å². The SMILES string of the molecule is O=C(Nc1ccccc1)c1ccccn1.O=C(O)C(F)(F)F.OC(=Nc1ccccc1)c1ccccn1.[Eu]. The number of carboxylic acids is 1. The van der Waals surface area contributed by atoms with E-state index in [4.69, 9.17) is 9.90 Å². The molecule has 0 aliphatic carbocycles. The van der Waals surface area contributed by atoms with Gasteiger partial charge in [-0.2, -0.15) is 13.2 Å². The van der Waals surface area contributed by atoms with Crippen LogP contribution in [0.1, 0.15) is 16.2 Å². The van der Waals surface area contributed by atoms with Gasteiger partial charge >= 0.3 is 12.1 Å². The summed E-state index contributed by atoms with van der Waals surface area (Å²) in [6.45, 7) is 0. The number of nitrogens with one attached hydrogen (secondary N) is 1. The Labute approximate surface area is 256 Å². The standard InChI is InChI=1S/2C12H10N2O.C2HF3O2.Eu/c2*15-12(11-8-4-5-9-13-11)14-10-6-2-1-3-7-10;3-2(4,5)1(6)7;/h2*1-9H,(H,14,15);(H,6,7);. The molecule has 2 aromatic carbocycles. The van der Waals surface area contributed by atoms with Crippen molar-refractivity contribution in [2.24, 2.45) is 4.99 Å². The second-order valence-corrected chi connectivity index (χ2v) is 6.82. The van der Waals surface area contributed by atoms with Crippen molar-refractivity contribution in [2.75, 3.05) is 5.32 Å². The Morgan fingerprint density at radius 2 is 1.16 bits per heavy atom. The van der Waals surface area contributed by atoms with Gasteiger partial charge in [-0.05, 0) is 48.5 Å². The van der Waals surface area contributed by atoms with Crippen molar-refractivity contribution >= 4 is 29.1 Å². The van der Waals surface area contributed by atoms with Crippen LogP contribution in [0.4, 0.5) is 24.5 Å². The third-order valence-corrected chi connectivity index (χ3v) is 4.06. The number of alkyl halides is 3. The Morgan fingerprint density at radius 1 is 0.711 bits per heavy atom. The number of aliphatic hydroxyl groups is 1. The van der Waals surface area contributed by atoms with Gasteiger partial charge in [0, 0.05) is 67.5 Å². The van der Waals surface area contributed by atoms with Crippen LogP contribution in [-0.2, 0) is 4.79 Å². The topological polar surface area (TPSA) is 125 Å². The zero-order valence-electron chi connectivity index (χ0n) is 19.5. The molecule has 3 N–H and O–H groups in total. The minimum absolute atomic E-state index is 0. The molecule has 1 amide bonds. The summed E-state index contributed by atoms with van der Waals surface area (Å²) in [5.41, 5.74) is 2.37. The number of hydrogen-bond acceptors (Lipinski definition) is 5. The van der Waals surface area contributed by atoms with E-state index >= 15 is 0 Å². The molecule has 0 aliphatic heterocycles. The minimum atomic E-state index is -5.08. The summed E-state index contributed by atoms with van der Waals surface area (Å²) in [4.78, 5) is 32.5. The Bertz CT molecular complexity index is 1280. The van der Waals surface area contributed by atoms with Crippen LogP contribution in [0.5, 0.6) is 0 Å². The number of amides is 1. The van der Waals surface area contributed by atoms with Crippen molar-refractivity contribution in [1.29, 1.82) is 0 Å². The smallest absolute Gasteiger partial charge is 0.490 e. The monoisotopic (exact) mass is 663 g/mol. The van der Waals surface area contributed by atoms with Crippen LogP contribution in [-0.4, -0.2) is 44.1 Å². The number of nitrogens with zero attached hydrogens (tertiary/aromatic N) is 3. The summed E-state index contributed by atoms with van der Waals surface area (Å²) in [5, 5.41) is 19.5. The molecule has 2 aromatic heterocycles. The first-order valence-electron chi connectivity index (χ1n) is 10.5. The Hall–Kier alpha value is -3.48. The van der Waals surface area contributed by atoms with E-state index in [2.05, 4.69) is 20.3 Å². The number of para-hydroxylation sites is 2. The van der Waals surface area contributed by atoms with Gasteiger partial charge < -0.3 is 15.5 Å². The molecule has 1 radical (unpaired) electrons. The van der Waals surface area contributed by atoms with Crippen LogP contribution < -0.4 is 5.32 Å². The molecule has 4 rings (SSSR count). The van der Waals surface area contributed by atoms with E-state index in [1.54, 1.807) is 48.8 Å². The van der Waals surface area contributed by atoms with E-state index in [9.17, 15) is 23.1 Å². The number of carbonyl (C=O) groups excluding carboxylic acids is 1. The molecule has 0 aliphatic rings. The van der Waals surface area contributed by atoms with E-state index in [1.807, 2.05) is 60.7 Å². The summed E-state index contributed by atoms with van der Waals surface area (Å²) in [6, 6.07) is 29.1. The number of halogens is 3. The minimum Gasteiger partial charge on any atom is -0.492 e. The van der Waals surface area contributed by atoms with Crippen LogP contribution in [0.15, 0.2) is 114 Å². The fourth-order valence-corrected chi connectivity index (χ4v) is 2.39. The van der Waals surface area contributed by atoms with Crippen molar-refractivity contribution in [3.8, 4) is 0 Å². The summed E-state index contributed by atoms with van der Waals surface area (Å²) >= 11 is 0. The second kappa shape index (κ2) is 17.1. The number of aliphatic carboxylic acids is 1. The molecule has 2 heterocycles. The summed E-state index contributed by atoms with van der Waals surface area (Å²) in [5.74, 6) is -3.02. The van der Waals surface area contributed by atoms with Gasteiger partial charge in [-0.15, -0.1) is 0 Å². The van der Waals surface area contributed by atoms with E-state index in [0.29, 0.717) is 17.1 Å². The quantitative estimate of drug-likeness (QED) is 0.191. The predicted octanol–water partition coefficient (Wildman–Crippen LogP) is 5.69. The van der Waals surface area contributed by atoms with E-state index in [-0.39, 0.29) is 61.2 Å². The number of aliphatic hydroxyl groups excluding tert-OH is 1. The summed E-state index contributed by atoms with van der Waals surface area (Å²) in [7, 11) is 0.